The molecule has 0 radical (unpaired) electrons. The average molecular weight is 423 g/mol. The van der Waals surface area contributed by atoms with E-state index >= 15 is 0 Å². The molecule has 0 spiro atoms. The van der Waals surface area contributed by atoms with Gasteiger partial charge in [-0.05, 0) is 75.7 Å². The van der Waals surface area contributed by atoms with E-state index in [1.807, 2.05) is 30.0 Å². The van der Waals surface area contributed by atoms with Crippen LogP contribution in [0.4, 0.5) is 0 Å². The van der Waals surface area contributed by atoms with E-state index in [-0.39, 0.29) is 5.91 Å². The zero-order valence-corrected chi connectivity index (χ0v) is 18.3. The fraction of sp³-hybridized carbons (Fsp3) is 0.542. The Kier molecular flexibility index (Phi) is 5.52. The molecule has 1 atom stereocenters. The van der Waals surface area contributed by atoms with Crippen molar-refractivity contribution in [1.82, 2.24) is 19.9 Å². The molecule has 164 valence electrons. The highest BCUT2D eigenvalue weighted by atomic mass is 16.5. The van der Waals surface area contributed by atoms with E-state index in [1.54, 1.807) is 6.26 Å². The first-order chi connectivity index (χ1) is 15.1. The third kappa shape index (κ3) is 4.11. The molecule has 2 fully saturated rings. The second-order valence-electron chi connectivity index (χ2n) is 9.22. The molecule has 0 aromatic carbocycles. The van der Waals surface area contributed by atoms with E-state index in [9.17, 15) is 4.79 Å². The molecule has 7 nitrogen and oxygen atoms in total. The number of hydrogen-bond acceptors (Lipinski definition) is 6. The normalized spacial score (nSPS) is 21.1. The van der Waals surface area contributed by atoms with Crippen LogP contribution < -0.4 is 0 Å². The van der Waals surface area contributed by atoms with E-state index in [1.165, 1.54) is 32.4 Å². The smallest absolute Gasteiger partial charge is 0.259 e. The summed E-state index contributed by atoms with van der Waals surface area (Å²) in [5, 5.41) is 4.76. The summed E-state index contributed by atoms with van der Waals surface area (Å²) in [6.45, 7) is 9.24. The standard InChI is InChI=1S/C24H30N4O3/c1-16-7-10-27(11-8-16)14-18-5-3-9-28(15-18)24(29)19-13-20(21-6-4-12-30-21)25-23-22(19)17(2)26-31-23/h4,6,12-13,16,18H,3,5,7-11,14-15H2,1-2H3. The number of nitrogens with zero attached hydrogens (tertiary/aromatic N) is 4. The van der Waals surface area contributed by atoms with E-state index in [0.29, 0.717) is 39.7 Å². The van der Waals surface area contributed by atoms with Crippen molar-refractivity contribution in [3.8, 4) is 11.5 Å². The monoisotopic (exact) mass is 422 g/mol. The van der Waals surface area contributed by atoms with Gasteiger partial charge in [-0.15, -0.1) is 0 Å². The molecule has 0 bridgehead atoms. The predicted molar refractivity (Wildman–Crippen MR) is 118 cm³/mol. The van der Waals surface area contributed by atoms with Gasteiger partial charge in [0.15, 0.2) is 5.76 Å². The van der Waals surface area contributed by atoms with Crippen molar-refractivity contribution in [2.45, 2.75) is 39.5 Å². The van der Waals surface area contributed by atoms with Gasteiger partial charge in [0.1, 0.15) is 5.69 Å². The van der Waals surface area contributed by atoms with Crippen LogP contribution in [0.15, 0.2) is 33.4 Å². The number of rotatable bonds is 4. The molecule has 2 aliphatic rings. The molecule has 3 aromatic rings. The SMILES string of the molecule is Cc1noc2nc(-c3ccco3)cc(C(=O)N3CCCC(CN4CCC(C)CC4)C3)c12. The van der Waals surface area contributed by atoms with Crippen molar-refractivity contribution in [3.63, 3.8) is 0 Å². The van der Waals surface area contributed by atoms with Crippen molar-refractivity contribution in [1.29, 1.82) is 0 Å². The molecule has 5 heterocycles. The Morgan fingerprint density at radius 2 is 2.06 bits per heavy atom. The van der Waals surface area contributed by atoms with Crippen molar-refractivity contribution in [3.05, 3.63) is 35.7 Å². The zero-order chi connectivity index (χ0) is 21.4. The summed E-state index contributed by atoms with van der Waals surface area (Å²) in [5.74, 6) is 2.01. The van der Waals surface area contributed by atoms with Crippen LogP contribution in [0.2, 0.25) is 0 Å². The average Bonchev–Trinajstić information content (AvgIpc) is 3.45. The highest BCUT2D eigenvalue weighted by molar-refractivity contribution is 6.06. The number of likely N-dealkylation sites (tertiary alicyclic amines) is 2. The molecular formula is C24H30N4O3. The van der Waals surface area contributed by atoms with E-state index in [2.05, 4.69) is 22.0 Å². The van der Waals surface area contributed by atoms with Crippen LogP contribution in [-0.2, 0) is 0 Å². The number of fused-ring (bicyclic) bond motifs is 1. The van der Waals surface area contributed by atoms with Gasteiger partial charge in [-0.2, -0.15) is 0 Å². The Hall–Kier alpha value is -2.67. The molecular weight excluding hydrogens is 392 g/mol. The number of piperidine rings is 2. The summed E-state index contributed by atoms with van der Waals surface area (Å²) in [5.41, 5.74) is 2.26. The van der Waals surface area contributed by atoms with Crippen LogP contribution in [0.5, 0.6) is 0 Å². The lowest BCUT2D eigenvalue weighted by Gasteiger charge is -2.38. The number of aromatic nitrogens is 2. The van der Waals surface area contributed by atoms with Gasteiger partial charge >= 0.3 is 0 Å². The van der Waals surface area contributed by atoms with Gasteiger partial charge < -0.3 is 18.7 Å². The maximum Gasteiger partial charge on any atom is 0.259 e. The van der Waals surface area contributed by atoms with Crippen molar-refractivity contribution >= 4 is 17.0 Å². The number of carbonyl (C=O) groups is 1. The quantitative estimate of drug-likeness (QED) is 0.621. The third-order valence-electron chi connectivity index (χ3n) is 6.82. The summed E-state index contributed by atoms with van der Waals surface area (Å²) in [4.78, 5) is 22.8. The van der Waals surface area contributed by atoms with Gasteiger partial charge in [-0.25, -0.2) is 4.98 Å². The molecule has 2 aliphatic heterocycles. The largest absolute Gasteiger partial charge is 0.463 e. The minimum atomic E-state index is 0.0310. The van der Waals surface area contributed by atoms with Gasteiger partial charge in [-0.3, -0.25) is 4.79 Å². The first-order valence-corrected chi connectivity index (χ1v) is 11.4. The van der Waals surface area contributed by atoms with E-state index in [4.69, 9.17) is 8.94 Å². The molecule has 3 aromatic heterocycles. The predicted octanol–water partition coefficient (Wildman–Crippen LogP) is 4.38. The lowest BCUT2D eigenvalue weighted by atomic mass is 9.94. The summed E-state index contributed by atoms with van der Waals surface area (Å²) >= 11 is 0. The minimum Gasteiger partial charge on any atom is -0.463 e. The maximum atomic E-state index is 13.7. The second kappa shape index (κ2) is 8.46. The number of carbonyl (C=O) groups excluding carboxylic acids is 1. The number of pyridine rings is 1. The first kappa shape index (κ1) is 20.2. The highest BCUT2D eigenvalue weighted by Gasteiger charge is 2.29. The molecule has 5 rings (SSSR count). The number of hydrogen-bond donors (Lipinski definition) is 0. The lowest BCUT2D eigenvalue weighted by Crippen LogP contribution is -2.45. The van der Waals surface area contributed by atoms with Crippen LogP contribution in [0.1, 0.15) is 48.7 Å². The molecule has 31 heavy (non-hydrogen) atoms. The van der Waals surface area contributed by atoms with E-state index in [0.717, 1.165) is 32.0 Å². The molecule has 0 N–H and O–H groups in total. The molecule has 2 saturated heterocycles. The Morgan fingerprint density at radius 1 is 1.23 bits per heavy atom. The Labute approximate surface area is 182 Å². The first-order valence-electron chi connectivity index (χ1n) is 11.4. The second-order valence-corrected chi connectivity index (χ2v) is 9.22. The van der Waals surface area contributed by atoms with Crippen LogP contribution in [0.3, 0.4) is 0 Å². The van der Waals surface area contributed by atoms with Gasteiger partial charge in [-0.1, -0.05) is 12.1 Å². The summed E-state index contributed by atoms with van der Waals surface area (Å²) in [7, 11) is 0. The third-order valence-corrected chi connectivity index (χ3v) is 6.82. The van der Waals surface area contributed by atoms with Crippen molar-refractivity contribution in [2.24, 2.45) is 11.8 Å². The fourth-order valence-corrected chi connectivity index (χ4v) is 4.99. The van der Waals surface area contributed by atoms with Gasteiger partial charge in [0.2, 0.25) is 0 Å². The minimum absolute atomic E-state index is 0.0310. The molecule has 1 unspecified atom stereocenters. The highest BCUT2D eigenvalue weighted by Crippen LogP contribution is 2.30. The van der Waals surface area contributed by atoms with Gasteiger partial charge in [0.25, 0.3) is 11.6 Å². The number of furan rings is 1. The van der Waals surface area contributed by atoms with Gasteiger partial charge in [0, 0.05) is 19.6 Å². The fourth-order valence-electron chi connectivity index (χ4n) is 4.99. The molecule has 0 saturated carbocycles. The van der Waals surface area contributed by atoms with E-state index < -0.39 is 0 Å². The van der Waals surface area contributed by atoms with Crippen LogP contribution >= 0.6 is 0 Å². The number of aryl methyl sites for hydroxylation is 1. The molecule has 7 heteroatoms. The Morgan fingerprint density at radius 3 is 2.84 bits per heavy atom. The topological polar surface area (TPSA) is 75.6 Å². The zero-order valence-electron chi connectivity index (χ0n) is 18.3. The summed E-state index contributed by atoms with van der Waals surface area (Å²) in [6.07, 6.45) is 6.40. The molecule has 0 aliphatic carbocycles. The maximum absolute atomic E-state index is 13.7. The Bertz CT molecular complexity index is 1050. The van der Waals surface area contributed by atoms with Gasteiger partial charge in [0.05, 0.1) is 22.9 Å². The van der Waals surface area contributed by atoms with Crippen molar-refractivity contribution < 1.29 is 13.7 Å². The molecule has 1 amide bonds. The summed E-state index contributed by atoms with van der Waals surface area (Å²) < 4.78 is 10.9. The Balaban J connectivity index is 1.38. The van der Waals surface area contributed by atoms with Crippen LogP contribution in [-0.4, -0.2) is 58.6 Å². The van der Waals surface area contributed by atoms with Crippen molar-refractivity contribution in [2.75, 3.05) is 32.7 Å². The van der Waals surface area contributed by atoms with Crippen LogP contribution in [0.25, 0.3) is 22.6 Å². The lowest BCUT2D eigenvalue weighted by molar-refractivity contribution is 0.0624. The summed E-state index contributed by atoms with van der Waals surface area (Å²) in [6, 6.07) is 5.47. The number of amides is 1. The van der Waals surface area contributed by atoms with Crippen LogP contribution in [0, 0.1) is 18.8 Å².